The lowest BCUT2D eigenvalue weighted by molar-refractivity contribution is 0.881. The Morgan fingerprint density at radius 2 is 2.41 bits per heavy atom. The first kappa shape index (κ1) is 14.2. The van der Waals surface area contributed by atoms with E-state index in [2.05, 4.69) is 37.8 Å². The van der Waals surface area contributed by atoms with Crippen LogP contribution in [0.15, 0.2) is 24.4 Å². The van der Waals surface area contributed by atoms with Gasteiger partial charge in [-0.3, -0.25) is 0 Å². The fourth-order valence-electron chi connectivity index (χ4n) is 1.96. The number of thiazole rings is 1. The number of nitrogens with one attached hydrogen (secondary N) is 2. The number of nitrogens with zero attached hydrogens (tertiary/aromatic N) is 5. The van der Waals surface area contributed by atoms with Crippen molar-refractivity contribution in [2.45, 2.75) is 19.8 Å². The van der Waals surface area contributed by atoms with Crippen LogP contribution in [0.5, 0.6) is 0 Å². The number of nitriles is 1. The summed E-state index contributed by atoms with van der Waals surface area (Å²) in [6, 6.07) is 7.96. The van der Waals surface area contributed by atoms with Crippen molar-refractivity contribution in [3.8, 4) is 6.07 Å². The predicted molar refractivity (Wildman–Crippen MR) is 85.0 cm³/mol. The molecule has 0 bridgehead atoms. The molecule has 8 heteroatoms. The number of rotatable bonds is 5. The van der Waals surface area contributed by atoms with Gasteiger partial charge in [-0.1, -0.05) is 6.92 Å². The number of tetrazole rings is 1. The number of allylic oxidation sites excluding steroid dienone is 1. The Labute approximate surface area is 130 Å². The van der Waals surface area contributed by atoms with E-state index >= 15 is 0 Å². The molecular formula is C14H13N7S. The molecule has 1 aromatic carbocycles. The van der Waals surface area contributed by atoms with E-state index in [0.29, 0.717) is 5.57 Å². The zero-order valence-electron chi connectivity index (χ0n) is 11.9. The van der Waals surface area contributed by atoms with E-state index in [-0.39, 0.29) is 5.82 Å². The average Bonchev–Trinajstić information content (AvgIpc) is 3.17. The summed E-state index contributed by atoms with van der Waals surface area (Å²) in [6.45, 7) is 2.14. The molecule has 3 rings (SSSR count). The molecule has 0 saturated carbocycles. The molecule has 0 spiro atoms. The van der Waals surface area contributed by atoms with Gasteiger partial charge in [0.2, 0.25) is 5.82 Å². The Hall–Kier alpha value is -2.79. The molecular weight excluding hydrogens is 298 g/mol. The summed E-state index contributed by atoms with van der Waals surface area (Å²) in [5.41, 5.74) is 2.20. The molecule has 2 N–H and O–H groups in total. The number of anilines is 1. The predicted octanol–water partition coefficient (Wildman–Crippen LogP) is 2.74. The third-order valence-corrected chi connectivity index (χ3v) is 4.06. The molecule has 110 valence electrons. The van der Waals surface area contributed by atoms with Gasteiger partial charge >= 0.3 is 0 Å². The topological polar surface area (TPSA) is 103 Å². The van der Waals surface area contributed by atoms with Crippen LogP contribution in [0, 0.1) is 11.3 Å². The SMILES string of the molecule is CCCc1nc2ccc(NC=C(C#N)c3nn[nH]n3)cc2s1. The summed E-state index contributed by atoms with van der Waals surface area (Å²) < 4.78 is 1.12. The maximum absolute atomic E-state index is 9.12. The summed E-state index contributed by atoms with van der Waals surface area (Å²) in [7, 11) is 0. The molecule has 2 aromatic heterocycles. The van der Waals surface area contributed by atoms with E-state index in [4.69, 9.17) is 5.26 Å². The summed E-state index contributed by atoms with van der Waals surface area (Å²) in [5, 5.41) is 26.7. The van der Waals surface area contributed by atoms with Crippen LogP contribution >= 0.6 is 11.3 Å². The van der Waals surface area contributed by atoms with Crippen molar-refractivity contribution in [3.05, 3.63) is 35.2 Å². The van der Waals surface area contributed by atoms with Gasteiger partial charge in [-0.05, 0) is 36.3 Å². The Balaban J connectivity index is 1.83. The summed E-state index contributed by atoms with van der Waals surface area (Å²) in [4.78, 5) is 4.59. The van der Waals surface area contributed by atoms with E-state index in [1.54, 1.807) is 17.5 Å². The van der Waals surface area contributed by atoms with Crippen molar-refractivity contribution in [3.63, 3.8) is 0 Å². The van der Waals surface area contributed by atoms with E-state index in [1.165, 1.54) is 0 Å². The molecule has 0 aliphatic rings. The highest BCUT2D eigenvalue weighted by Crippen LogP contribution is 2.26. The van der Waals surface area contributed by atoms with Gasteiger partial charge in [0.25, 0.3) is 0 Å². The molecule has 0 saturated heterocycles. The van der Waals surface area contributed by atoms with Crippen LogP contribution in [0.3, 0.4) is 0 Å². The van der Waals surface area contributed by atoms with E-state index in [9.17, 15) is 0 Å². The Bertz CT molecular complexity index is 842. The standard InChI is InChI=1S/C14H13N7S/c1-2-3-13-17-11-5-4-10(6-12(11)22-13)16-8-9(7-15)14-18-20-21-19-14/h4-6,8,16H,2-3H2,1H3,(H,18,19,20,21). The highest BCUT2D eigenvalue weighted by Gasteiger charge is 2.06. The second-order valence-corrected chi connectivity index (χ2v) is 5.70. The molecule has 2 heterocycles. The lowest BCUT2D eigenvalue weighted by Gasteiger charge is -2.00. The fourth-order valence-corrected chi connectivity index (χ4v) is 3.07. The number of H-pyrrole nitrogens is 1. The minimum absolute atomic E-state index is 0.263. The molecule has 0 atom stereocenters. The van der Waals surface area contributed by atoms with Crippen molar-refractivity contribution >= 4 is 32.8 Å². The van der Waals surface area contributed by atoms with Gasteiger partial charge in [0, 0.05) is 11.9 Å². The van der Waals surface area contributed by atoms with Crippen LogP contribution in [0.2, 0.25) is 0 Å². The van der Waals surface area contributed by atoms with E-state index in [1.807, 2.05) is 24.3 Å². The van der Waals surface area contributed by atoms with Crippen LogP contribution in [0.25, 0.3) is 15.8 Å². The van der Waals surface area contributed by atoms with E-state index in [0.717, 1.165) is 33.8 Å². The molecule has 0 amide bonds. The van der Waals surface area contributed by atoms with Crippen LogP contribution < -0.4 is 5.32 Å². The van der Waals surface area contributed by atoms with E-state index < -0.39 is 0 Å². The lowest BCUT2D eigenvalue weighted by atomic mass is 10.2. The molecule has 0 radical (unpaired) electrons. The van der Waals surface area contributed by atoms with Gasteiger partial charge in [0.15, 0.2) is 0 Å². The second kappa shape index (κ2) is 6.32. The first-order chi connectivity index (χ1) is 10.8. The maximum atomic E-state index is 9.12. The largest absolute Gasteiger partial charge is 0.360 e. The molecule has 0 aliphatic carbocycles. The molecule has 0 aliphatic heterocycles. The zero-order valence-corrected chi connectivity index (χ0v) is 12.7. The quantitative estimate of drug-likeness (QED) is 0.702. The number of benzene rings is 1. The van der Waals surface area contributed by atoms with Crippen LogP contribution in [-0.2, 0) is 6.42 Å². The number of aromatic nitrogens is 5. The lowest BCUT2D eigenvalue weighted by Crippen LogP contribution is -1.92. The summed E-state index contributed by atoms with van der Waals surface area (Å²) in [5.74, 6) is 0.263. The normalized spacial score (nSPS) is 11.5. The first-order valence-electron chi connectivity index (χ1n) is 6.80. The van der Waals surface area contributed by atoms with Crippen molar-refractivity contribution in [1.82, 2.24) is 25.6 Å². The third kappa shape index (κ3) is 2.94. The summed E-state index contributed by atoms with van der Waals surface area (Å²) in [6.07, 6.45) is 3.66. The van der Waals surface area contributed by atoms with Crippen LogP contribution in [0.1, 0.15) is 24.2 Å². The van der Waals surface area contributed by atoms with Gasteiger partial charge < -0.3 is 5.32 Å². The maximum Gasteiger partial charge on any atom is 0.216 e. The highest BCUT2D eigenvalue weighted by molar-refractivity contribution is 7.18. The van der Waals surface area contributed by atoms with Gasteiger partial charge in [0.05, 0.1) is 15.2 Å². The van der Waals surface area contributed by atoms with Gasteiger partial charge in [-0.25, -0.2) is 4.98 Å². The van der Waals surface area contributed by atoms with Crippen LogP contribution in [-0.4, -0.2) is 25.6 Å². The van der Waals surface area contributed by atoms with Crippen molar-refractivity contribution < 1.29 is 0 Å². The first-order valence-corrected chi connectivity index (χ1v) is 7.62. The Morgan fingerprint density at radius 3 is 3.14 bits per heavy atom. The number of hydrogen-bond donors (Lipinski definition) is 2. The smallest absolute Gasteiger partial charge is 0.216 e. The van der Waals surface area contributed by atoms with Crippen molar-refractivity contribution in [1.29, 1.82) is 5.26 Å². The number of hydrogen-bond acceptors (Lipinski definition) is 7. The fraction of sp³-hybridized carbons (Fsp3) is 0.214. The number of aryl methyl sites for hydroxylation is 1. The van der Waals surface area contributed by atoms with Crippen LogP contribution in [0.4, 0.5) is 5.69 Å². The Morgan fingerprint density at radius 1 is 1.50 bits per heavy atom. The molecule has 3 aromatic rings. The molecule has 22 heavy (non-hydrogen) atoms. The van der Waals surface area contributed by atoms with Crippen molar-refractivity contribution in [2.75, 3.05) is 5.32 Å². The Kier molecular flexibility index (Phi) is 4.07. The minimum Gasteiger partial charge on any atom is -0.360 e. The van der Waals surface area contributed by atoms with Gasteiger partial charge in [0.1, 0.15) is 11.6 Å². The highest BCUT2D eigenvalue weighted by atomic mass is 32.1. The summed E-state index contributed by atoms with van der Waals surface area (Å²) >= 11 is 1.70. The van der Waals surface area contributed by atoms with Gasteiger partial charge in [-0.15, -0.1) is 21.5 Å². The minimum atomic E-state index is 0.263. The molecule has 0 unspecified atom stereocenters. The molecule has 7 nitrogen and oxygen atoms in total. The monoisotopic (exact) mass is 311 g/mol. The van der Waals surface area contributed by atoms with Crippen molar-refractivity contribution in [2.24, 2.45) is 0 Å². The van der Waals surface area contributed by atoms with Gasteiger partial charge in [-0.2, -0.15) is 10.5 Å². The number of aromatic amines is 1. The number of fused-ring (bicyclic) bond motifs is 1. The third-order valence-electron chi connectivity index (χ3n) is 2.99. The molecule has 0 fully saturated rings. The average molecular weight is 311 g/mol. The zero-order chi connectivity index (χ0) is 15.4. The second-order valence-electron chi connectivity index (χ2n) is 4.59.